The summed E-state index contributed by atoms with van der Waals surface area (Å²) >= 11 is -1.11. The van der Waals surface area contributed by atoms with Gasteiger partial charge in [0.15, 0.2) is 0 Å². The van der Waals surface area contributed by atoms with Gasteiger partial charge in [-0.25, -0.2) is 0 Å². The van der Waals surface area contributed by atoms with E-state index in [-0.39, 0.29) is 26.9 Å². The van der Waals surface area contributed by atoms with Gasteiger partial charge in [0.1, 0.15) is 0 Å². The van der Waals surface area contributed by atoms with Gasteiger partial charge in [-0.3, -0.25) is 0 Å². The van der Waals surface area contributed by atoms with Crippen molar-refractivity contribution in [3.8, 4) is 0 Å². The molecule has 0 N–H and O–H groups in total. The molecule has 268 valence electrons. The van der Waals surface area contributed by atoms with Gasteiger partial charge in [0.2, 0.25) is 0 Å². The molecule has 6 rings (SSSR count). The molecule has 0 aromatic heterocycles. The molecule has 0 amide bonds. The first-order valence-electron chi connectivity index (χ1n) is 16.7. The fourth-order valence-corrected chi connectivity index (χ4v) is 7.64. The van der Waals surface area contributed by atoms with Gasteiger partial charge < -0.3 is 0 Å². The molecule has 1 heterocycles. The van der Waals surface area contributed by atoms with Crippen LogP contribution in [0.15, 0.2) is 146 Å². The van der Waals surface area contributed by atoms with Crippen LogP contribution < -0.4 is 0 Å². The molecule has 5 aromatic carbocycles. The van der Waals surface area contributed by atoms with Crippen LogP contribution in [-0.4, -0.2) is 79.5 Å². The zero-order chi connectivity index (χ0) is 37.2. The number of aryl methyl sites for hydroxylation is 1. The SMILES string of the molecule is Cc1ccc(C(=O)[Se][C@@H]2O[C@H](COC(=O)c3ccccc3)[C@@H](OC(=O)c3ccccc3)[C@H](OC(=O)c3ccccc3)[C@H]2OC(=O)c2ccccc2)cc1. The second-order valence-electron chi connectivity index (χ2n) is 12.0. The Kier molecular flexibility index (Phi) is 12.2. The van der Waals surface area contributed by atoms with E-state index in [9.17, 15) is 24.0 Å². The van der Waals surface area contributed by atoms with Crippen LogP contribution >= 0.6 is 0 Å². The van der Waals surface area contributed by atoms with E-state index in [2.05, 4.69) is 0 Å². The molecule has 0 saturated carbocycles. The Morgan fingerprint density at radius 2 is 0.887 bits per heavy atom. The standard InChI is InChI=1S/C42H34O10Se/c1-27-22-24-32(25-23-27)41(47)53-42-36(52-40(46)31-20-12-5-13-21-31)35(51-39(45)30-18-10-4-11-19-30)34(50-38(44)29-16-8-3-9-17-29)33(49-42)26-48-37(43)28-14-6-2-7-15-28/h2-25,33-36,42H,26H2,1H3/t33-,34-,35+,36-,42+/m1/s1. The van der Waals surface area contributed by atoms with Gasteiger partial charge in [-0.15, -0.1) is 0 Å². The number of esters is 4. The molecule has 1 aliphatic rings. The Bertz CT molecular complexity index is 2020. The number of hydrogen-bond donors (Lipinski definition) is 0. The maximum absolute atomic E-state index is 13.8. The summed E-state index contributed by atoms with van der Waals surface area (Å²) in [7, 11) is 0. The van der Waals surface area contributed by atoms with Crippen LogP contribution in [-0.2, 0) is 23.7 Å². The van der Waals surface area contributed by atoms with Crippen molar-refractivity contribution in [2.24, 2.45) is 0 Å². The fourth-order valence-electron chi connectivity index (χ4n) is 5.49. The van der Waals surface area contributed by atoms with E-state index in [1.165, 1.54) is 0 Å². The first-order valence-corrected chi connectivity index (χ1v) is 18.5. The van der Waals surface area contributed by atoms with Gasteiger partial charge in [0.25, 0.3) is 0 Å². The monoisotopic (exact) mass is 778 g/mol. The summed E-state index contributed by atoms with van der Waals surface area (Å²) in [6.07, 6.45) is -5.71. The predicted octanol–water partition coefficient (Wildman–Crippen LogP) is 6.10. The third-order valence-electron chi connectivity index (χ3n) is 8.25. The van der Waals surface area contributed by atoms with E-state index in [4.69, 9.17) is 23.7 Å². The van der Waals surface area contributed by atoms with E-state index in [1.807, 2.05) is 6.92 Å². The Hall–Kier alpha value is -5.87. The van der Waals surface area contributed by atoms with Crippen LogP contribution in [0.1, 0.15) is 57.4 Å². The molecule has 5 aromatic rings. The molecule has 1 saturated heterocycles. The number of benzene rings is 5. The molecule has 0 spiro atoms. The van der Waals surface area contributed by atoms with Crippen molar-refractivity contribution >= 4 is 43.5 Å². The second kappa shape index (κ2) is 17.6. The summed E-state index contributed by atoms with van der Waals surface area (Å²) < 4.78 is 30.1. The maximum atomic E-state index is 13.8. The summed E-state index contributed by atoms with van der Waals surface area (Å²) in [5.74, 6) is -3.08. The number of carbonyl (C=O) groups is 5. The topological polar surface area (TPSA) is 132 Å². The van der Waals surface area contributed by atoms with E-state index in [0.717, 1.165) is 5.56 Å². The average Bonchev–Trinajstić information content (AvgIpc) is 3.20. The Morgan fingerprint density at radius 1 is 0.491 bits per heavy atom. The molecule has 5 atom stereocenters. The van der Waals surface area contributed by atoms with E-state index in [0.29, 0.717) is 5.56 Å². The molecule has 0 bridgehead atoms. The molecule has 11 heteroatoms. The summed E-state index contributed by atoms with van der Waals surface area (Å²) in [6.45, 7) is 1.43. The van der Waals surface area contributed by atoms with Crippen molar-refractivity contribution < 1.29 is 47.7 Å². The van der Waals surface area contributed by atoms with Crippen LogP contribution in [0, 0.1) is 6.92 Å². The Balaban J connectivity index is 1.42. The zero-order valence-electron chi connectivity index (χ0n) is 28.4. The fraction of sp³-hybridized carbons (Fsp3) is 0.167. The summed E-state index contributed by atoms with van der Waals surface area (Å²) in [6, 6.07) is 39.6. The Labute approximate surface area is 312 Å². The normalized spacial score (nSPS) is 19.3. The molecule has 0 aliphatic carbocycles. The summed E-state index contributed by atoms with van der Waals surface area (Å²) in [4.78, 5) is 68.0. The third kappa shape index (κ3) is 9.52. The molecule has 10 nitrogen and oxygen atoms in total. The number of ether oxygens (including phenoxy) is 5. The van der Waals surface area contributed by atoms with Crippen molar-refractivity contribution in [2.45, 2.75) is 36.3 Å². The first-order chi connectivity index (χ1) is 25.8. The minimum absolute atomic E-state index is 0.171. The van der Waals surface area contributed by atoms with Gasteiger partial charge in [-0.1, -0.05) is 0 Å². The van der Waals surface area contributed by atoms with Gasteiger partial charge >= 0.3 is 313 Å². The molecule has 1 aliphatic heterocycles. The van der Waals surface area contributed by atoms with E-state index in [1.54, 1.807) is 146 Å². The van der Waals surface area contributed by atoms with E-state index >= 15 is 0 Å². The van der Waals surface area contributed by atoms with Crippen LogP contribution in [0.4, 0.5) is 0 Å². The molecule has 0 radical (unpaired) electrons. The van der Waals surface area contributed by atoms with Crippen molar-refractivity contribution in [1.29, 1.82) is 0 Å². The quantitative estimate of drug-likeness (QED) is 0.0833. The van der Waals surface area contributed by atoms with E-state index < -0.39 is 74.9 Å². The summed E-state index contributed by atoms with van der Waals surface area (Å²) in [5.41, 5.74) is 2.15. The first kappa shape index (κ1) is 36.9. The molecule has 0 unspecified atom stereocenters. The number of carbonyl (C=O) groups excluding carboxylic acids is 5. The third-order valence-corrected chi connectivity index (χ3v) is 10.5. The van der Waals surface area contributed by atoms with Crippen molar-refractivity contribution in [3.63, 3.8) is 0 Å². The average molecular weight is 778 g/mol. The predicted molar refractivity (Wildman–Crippen MR) is 194 cm³/mol. The van der Waals surface area contributed by atoms with Crippen molar-refractivity contribution in [3.05, 3.63) is 179 Å². The molecule has 53 heavy (non-hydrogen) atoms. The second-order valence-corrected chi connectivity index (χ2v) is 14.2. The van der Waals surface area contributed by atoms with Crippen LogP contribution in [0.25, 0.3) is 0 Å². The van der Waals surface area contributed by atoms with Gasteiger partial charge in [-0.2, -0.15) is 0 Å². The number of rotatable bonds is 12. The molecular formula is C42H34O10Se. The van der Waals surface area contributed by atoms with Crippen LogP contribution in [0.2, 0.25) is 0 Å². The van der Waals surface area contributed by atoms with Crippen molar-refractivity contribution in [2.75, 3.05) is 6.61 Å². The van der Waals surface area contributed by atoms with Gasteiger partial charge in [0, 0.05) is 0 Å². The minimum atomic E-state index is -1.52. The van der Waals surface area contributed by atoms with Crippen LogP contribution in [0.5, 0.6) is 0 Å². The summed E-state index contributed by atoms with van der Waals surface area (Å²) in [5, 5.41) is -1.19. The number of hydrogen-bond acceptors (Lipinski definition) is 10. The zero-order valence-corrected chi connectivity index (χ0v) is 30.2. The molecule has 1 fully saturated rings. The molecular weight excluding hydrogens is 743 g/mol. The van der Waals surface area contributed by atoms with Crippen molar-refractivity contribution in [1.82, 2.24) is 0 Å². The Morgan fingerprint density at radius 3 is 1.34 bits per heavy atom. The van der Waals surface area contributed by atoms with Gasteiger partial charge in [-0.05, 0) is 0 Å². The van der Waals surface area contributed by atoms with Crippen LogP contribution in [0.3, 0.4) is 0 Å². The van der Waals surface area contributed by atoms with Gasteiger partial charge in [0.05, 0.1) is 0 Å².